The fourth-order valence-corrected chi connectivity index (χ4v) is 1.84. The second-order valence-electron chi connectivity index (χ2n) is 3.33. The molecular formula is C9H18O5. The number of hydrogen-bond acceptors (Lipinski definition) is 5. The summed E-state index contributed by atoms with van der Waals surface area (Å²) in [5, 5.41) is 9.57. The topological polar surface area (TPSA) is 57.2 Å². The zero-order chi connectivity index (χ0) is 10.7. The van der Waals surface area contributed by atoms with Gasteiger partial charge in [0.1, 0.15) is 18.3 Å². The highest BCUT2D eigenvalue weighted by atomic mass is 16.7. The summed E-state index contributed by atoms with van der Waals surface area (Å²) < 4.78 is 20.9. The molecule has 1 saturated heterocycles. The molecule has 0 aromatic carbocycles. The summed E-state index contributed by atoms with van der Waals surface area (Å²) in [4.78, 5) is 0. The van der Waals surface area contributed by atoms with Gasteiger partial charge in [0, 0.05) is 21.3 Å². The van der Waals surface area contributed by atoms with E-state index in [0.29, 0.717) is 0 Å². The standard InChI is InChI=1S/C9H18O5/c1-5-6(11-2)7(12-3)8(13-4)9(10)14-5/h5-10H,1-4H3/t5?,6-,7?,8?,9+/m0/s1. The van der Waals surface area contributed by atoms with Crippen LogP contribution in [-0.2, 0) is 18.9 Å². The lowest BCUT2D eigenvalue weighted by Gasteiger charge is -2.41. The highest BCUT2D eigenvalue weighted by Gasteiger charge is 2.44. The Morgan fingerprint density at radius 1 is 0.929 bits per heavy atom. The van der Waals surface area contributed by atoms with Gasteiger partial charge in [-0.2, -0.15) is 0 Å². The van der Waals surface area contributed by atoms with Gasteiger partial charge in [0.2, 0.25) is 0 Å². The highest BCUT2D eigenvalue weighted by molar-refractivity contribution is 4.89. The van der Waals surface area contributed by atoms with Crippen LogP contribution in [0.15, 0.2) is 0 Å². The fraction of sp³-hybridized carbons (Fsp3) is 1.00. The zero-order valence-electron chi connectivity index (χ0n) is 8.97. The summed E-state index contributed by atoms with van der Waals surface area (Å²) in [5.41, 5.74) is 0. The van der Waals surface area contributed by atoms with E-state index in [1.807, 2.05) is 6.92 Å². The molecule has 1 aliphatic heterocycles. The van der Waals surface area contributed by atoms with Gasteiger partial charge >= 0.3 is 0 Å². The van der Waals surface area contributed by atoms with Gasteiger partial charge in [0.15, 0.2) is 6.29 Å². The summed E-state index contributed by atoms with van der Waals surface area (Å²) >= 11 is 0. The average Bonchev–Trinajstić information content (AvgIpc) is 2.16. The van der Waals surface area contributed by atoms with E-state index in [1.165, 1.54) is 7.11 Å². The number of hydrogen-bond donors (Lipinski definition) is 1. The summed E-state index contributed by atoms with van der Waals surface area (Å²) in [5.74, 6) is 0. The Morgan fingerprint density at radius 2 is 1.43 bits per heavy atom. The summed E-state index contributed by atoms with van der Waals surface area (Å²) in [6.45, 7) is 1.83. The third-order valence-electron chi connectivity index (χ3n) is 2.56. The number of methoxy groups -OCH3 is 3. The zero-order valence-corrected chi connectivity index (χ0v) is 8.97. The van der Waals surface area contributed by atoms with Crippen LogP contribution in [0.1, 0.15) is 6.92 Å². The van der Waals surface area contributed by atoms with Gasteiger partial charge < -0.3 is 24.1 Å². The molecule has 1 aliphatic rings. The molecule has 5 atom stereocenters. The van der Waals surface area contributed by atoms with Gasteiger partial charge in [-0.05, 0) is 6.92 Å². The molecule has 0 saturated carbocycles. The van der Waals surface area contributed by atoms with Crippen molar-refractivity contribution in [3.8, 4) is 0 Å². The second-order valence-corrected chi connectivity index (χ2v) is 3.33. The van der Waals surface area contributed by atoms with E-state index in [1.54, 1.807) is 14.2 Å². The van der Waals surface area contributed by atoms with Crippen LogP contribution in [0.3, 0.4) is 0 Å². The molecule has 1 N–H and O–H groups in total. The first-order valence-corrected chi connectivity index (χ1v) is 4.57. The first kappa shape index (κ1) is 11.9. The highest BCUT2D eigenvalue weighted by Crippen LogP contribution is 2.25. The van der Waals surface area contributed by atoms with Crippen molar-refractivity contribution in [2.45, 2.75) is 37.6 Å². The lowest BCUT2D eigenvalue weighted by atomic mass is 9.99. The fourth-order valence-electron chi connectivity index (χ4n) is 1.84. The molecule has 0 radical (unpaired) electrons. The number of aliphatic hydroxyl groups is 1. The molecule has 0 amide bonds. The quantitative estimate of drug-likeness (QED) is 0.691. The van der Waals surface area contributed by atoms with Gasteiger partial charge in [-0.3, -0.25) is 0 Å². The first-order chi connectivity index (χ1) is 6.65. The molecule has 3 unspecified atom stereocenters. The first-order valence-electron chi connectivity index (χ1n) is 4.57. The normalized spacial score (nSPS) is 43.9. The predicted molar refractivity (Wildman–Crippen MR) is 48.9 cm³/mol. The van der Waals surface area contributed by atoms with E-state index in [0.717, 1.165) is 0 Å². The van der Waals surface area contributed by atoms with E-state index >= 15 is 0 Å². The predicted octanol–water partition coefficient (Wildman–Crippen LogP) is -0.231. The molecule has 0 spiro atoms. The van der Waals surface area contributed by atoms with Gasteiger partial charge in [0.05, 0.1) is 6.10 Å². The van der Waals surface area contributed by atoms with Gasteiger partial charge in [-0.1, -0.05) is 0 Å². The Balaban J connectivity index is 2.76. The molecule has 1 heterocycles. The lowest BCUT2D eigenvalue weighted by Crippen LogP contribution is -2.58. The Labute approximate surface area is 83.9 Å². The maximum atomic E-state index is 9.57. The van der Waals surface area contributed by atoms with Crippen LogP contribution in [-0.4, -0.2) is 57.1 Å². The van der Waals surface area contributed by atoms with E-state index in [-0.39, 0.29) is 18.3 Å². The molecular weight excluding hydrogens is 188 g/mol. The molecule has 1 rings (SSSR count). The van der Waals surface area contributed by atoms with Crippen LogP contribution < -0.4 is 0 Å². The minimum Gasteiger partial charge on any atom is -0.376 e. The van der Waals surface area contributed by atoms with Crippen LogP contribution in [0.5, 0.6) is 0 Å². The minimum absolute atomic E-state index is 0.216. The minimum atomic E-state index is -0.966. The van der Waals surface area contributed by atoms with Gasteiger partial charge in [0.25, 0.3) is 0 Å². The van der Waals surface area contributed by atoms with Crippen LogP contribution in [0.4, 0.5) is 0 Å². The van der Waals surface area contributed by atoms with Crippen molar-refractivity contribution < 1.29 is 24.1 Å². The van der Waals surface area contributed by atoms with E-state index in [9.17, 15) is 5.11 Å². The maximum absolute atomic E-state index is 9.57. The molecule has 5 nitrogen and oxygen atoms in total. The molecule has 5 heteroatoms. The molecule has 0 aromatic rings. The van der Waals surface area contributed by atoms with Crippen LogP contribution in [0.2, 0.25) is 0 Å². The third-order valence-corrected chi connectivity index (χ3v) is 2.56. The molecule has 0 bridgehead atoms. The van der Waals surface area contributed by atoms with E-state index in [2.05, 4.69) is 0 Å². The van der Waals surface area contributed by atoms with Gasteiger partial charge in [-0.15, -0.1) is 0 Å². The third kappa shape index (κ3) is 2.07. The van der Waals surface area contributed by atoms with E-state index in [4.69, 9.17) is 18.9 Å². The van der Waals surface area contributed by atoms with Crippen LogP contribution in [0.25, 0.3) is 0 Å². The number of ether oxygens (including phenoxy) is 4. The van der Waals surface area contributed by atoms with Crippen molar-refractivity contribution in [3.63, 3.8) is 0 Å². The summed E-state index contributed by atoms with van der Waals surface area (Å²) in [7, 11) is 4.65. The SMILES string of the molecule is COC1C(OC)[C@H](O)OC(C)[C@@H]1OC. The molecule has 84 valence electrons. The van der Waals surface area contributed by atoms with Crippen LogP contribution in [0, 0.1) is 0 Å². The average molecular weight is 206 g/mol. The second kappa shape index (κ2) is 5.04. The van der Waals surface area contributed by atoms with Crippen LogP contribution >= 0.6 is 0 Å². The molecule has 0 aromatic heterocycles. The monoisotopic (exact) mass is 206 g/mol. The Bertz CT molecular complexity index is 159. The number of rotatable bonds is 3. The summed E-state index contributed by atoms with van der Waals surface area (Å²) in [6, 6.07) is 0. The van der Waals surface area contributed by atoms with Crippen molar-refractivity contribution in [1.82, 2.24) is 0 Å². The molecule has 14 heavy (non-hydrogen) atoms. The largest absolute Gasteiger partial charge is 0.376 e. The van der Waals surface area contributed by atoms with Crippen molar-refractivity contribution >= 4 is 0 Å². The Hall–Kier alpha value is -0.200. The smallest absolute Gasteiger partial charge is 0.184 e. The Morgan fingerprint density at radius 3 is 1.86 bits per heavy atom. The van der Waals surface area contributed by atoms with Crippen molar-refractivity contribution in [1.29, 1.82) is 0 Å². The molecule has 0 aliphatic carbocycles. The van der Waals surface area contributed by atoms with Crippen molar-refractivity contribution in [2.75, 3.05) is 21.3 Å². The Kier molecular flexibility index (Phi) is 4.28. The lowest BCUT2D eigenvalue weighted by molar-refractivity contribution is -0.291. The van der Waals surface area contributed by atoms with Gasteiger partial charge in [-0.25, -0.2) is 0 Å². The van der Waals surface area contributed by atoms with E-state index < -0.39 is 12.4 Å². The molecule has 1 fully saturated rings. The number of aliphatic hydroxyl groups excluding tert-OH is 1. The maximum Gasteiger partial charge on any atom is 0.184 e. The summed E-state index contributed by atoms with van der Waals surface area (Å²) in [6.07, 6.45) is -2.24. The van der Waals surface area contributed by atoms with Crippen molar-refractivity contribution in [2.24, 2.45) is 0 Å². The van der Waals surface area contributed by atoms with Crippen molar-refractivity contribution in [3.05, 3.63) is 0 Å².